The summed E-state index contributed by atoms with van der Waals surface area (Å²) in [5, 5.41) is 9.83. The van der Waals surface area contributed by atoms with E-state index in [2.05, 4.69) is 32.6 Å². The Morgan fingerprint density at radius 3 is 1.87 bits per heavy atom. The maximum Gasteiger partial charge on any atom is 0.0760 e. The van der Waals surface area contributed by atoms with Crippen molar-refractivity contribution in [1.82, 2.24) is 4.90 Å². The molecule has 0 unspecified atom stereocenters. The molecule has 15 heavy (non-hydrogen) atoms. The van der Waals surface area contributed by atoms with Crippen LogP contribution in [0.3, 0.4) is 0 Å². The van der Waals surface area contributed by atoms with Crippen LogP contribution in [0.1, 0.15) is 41.5 Å². The number of rotatable bonds is 2. The van der Waals surface area contributed by atoms with Gasteiger partial charge in [0.05, 0.1) is 16.8 Å². The molecule has 3 nitrogen and oxygen atoms in total. The fourth-order valence-electron chi connectivity index (χ4n) is 2.60. The summed E-state index contributed by atoms with van der Waals surface area (Å²) in [6, 6.07) is 0. The van der Waals surface area contributed by atoms with E-state index in [4.69, 9.17) is 4.74 Å². The molecule has 0 amide bonds. The van der Waals surface area contributed by atoms with E-state index >= 15 is 0 Å². The summed E-state index contributed by atoms with van der Waals surface area (Å²) in [5.74, 6) is 0. The van der Waals surface area contributed by atoms with E-state index < -0.39 is 5.60 Å². The lowest BCUT2D eigenvalue weighted by Crippen LogP contribution is -2.59. The topological polar surface area (TPSA) is 32.7 Å². The molecule has 1 aliphatic rings. The lowest BCUT2D eigenvalue weighted by molar-refractivity contribution is -0.186. The summed E-state index contributed by atoms with van der Waals surface area (Å²) in [7, 11) is 0. The maximum atomic E-state index is 9.83. The highest BCUT2D eigenvalue weighted by Crippen LogP contribution is 2.28. The molecule has 1 N–H and O–H groups in total. The van der Waals surface area contributed by atoms with Gasteiger partial charge in [0.1, 0.15) is 0 Å². The second kappa shape index (κ2) is 3.72. The Kier molecular flexibility index (Phi) is 3.21. The molecule has 0 spiro atoms. The molecule has 1 fully saturated rings. The van der Waals surface area contributed by atoms with Gasteiger partial charge in [0.15, 0.2) is 0 Å². The van der Waals surface area contributed by atoms with Gasteiger partial charge in [-0.05, 0) is 41.5 Å². The van der Waals surface area contributed by atoms with Gasteiger partial charge < -0.3 is 9.84 Å². The summed E-state index contributed by atoms with van der Waals surface area (Å²) in [6.07, 6.45) is 0. The molecule has 0 radical (unpaired) electrons. The number of hydrogen-bond donors (Lipinski definition) is 1. The predicted molar refractivity (Wildman–Crippen MR) is 62.0 cm³/mol. The Bertz CT molecular complexity index is 210. The second-order valence-corrected chi connectivity index (χ2v) is 6.58. The first-order chi connectivity index (χ1) is 6.49. The molecule has 0 aliphatic carbocycles. The Morgan fingerprint density at radius 2 is 1.53 bits per heavy atom. The zero-order valence-corrected chi connectivity index (χ0v) is 10.9. The van der Waals surface area contributed by atoms with Gasteiger partial charge >= 0.3 is 0 Å². The minimum Gasteiger partial charge on any atom is -0.389 e. The van der Waals surface area contributed by atoms with Crippen molar-refractivity contribution in [2.24, 2.45) is 0 Å². The third-order valence-electron chi connectivity index (χ3n) is 2.37. The van der Waals surface area contributed by atoms with Crippen LogP contribution in [-0.2, 0) is 4.74 Å². The highest BCUT2D eigenvalue weighted by atomic mass is 16.5. The number of ether oxygens (including phenoxy) is 1. The fraction of sp³-hybridized carbons (Fsp3) is 1.00. The highest BCUT2D eigenvalue weighted by molar-refractivity contribution is 4.90. The van der Waals surface area contributed by atoms with E-state index in [-0.39, 0.29) is 11.2 Å². The minimum atomic E-state index is -0.635. The smallest absolute Gasteiger partial charge is 0.0760 e. The molecule has 1 aliphatic heterocycles. The van der Waals surface area contributed by atoms with Crippen LogP contribution in [0.25, 0.3) is 0 Å². The summed E-state index contributed by atoms with van der Waals surface area (Å²) >= 11 is 0. The van der Waals surface area contributed by atoms with E-state index in [1.54, 1.807) is 0 Å². The van der Waals surface area contributed by atoms with Crippen molar-refractivity contribution in [3.63, 3.8) is 0 Å². The predicted octanol–water partition coefficient (Wildman–Crippen LogP) is 1.65. The Balaban J connectivity index is 2.68. The van der Waals surface area contributed by atoms with Gasteiger partial charge in [-0.25, -0.2) is 0 Å². The summed E-state index contributed by atoms with van der Waals surface area (Å²) in [6.45, 7) is 14.6. The highest BCUT2D eigenvalue weighted by Gasteiger charge is 2.39. The summed E-state index contributed by atoms with van der Waals surface area (Å²) in [4.78, 5) is 2.28. The Hall–Kier alpha value is -0.120. The fourth-order valence-corrected chi connectivity index (χ4v) is 2.60. The molecule has 0 aromatic carbocycles. The van der Waals surface area contributed by atoms with Gasteiger partial charge in [-0.15, -0.1) is 0 Å². The van der Waals surface area contributed by atoms with Gasteiger partial charge in [-0.3, -0.25) is 4.90 Å². The average Bonchev–Trinajstić information content (AvgIpc) is 1.70. The first-order valence-corrected chi connectivity index (χ1v) is 5.64. The van der Waals surface area contributed by atoms with Crippen LogP contribution in [0.4, 0.5) is 0 Å². The Morgan fingerprint density at radius 1 is 1.13 bits per heavy atom. The maximum absolute atomic E-state index is 9.83. The third-order valence-corrected chi connectivity index (χ3v) is 2.37. The van der Waals surface area contributed by atoms with Crippen molar-refractivity contribution < 1.29 is 9.84 Å². The van der Waals surface area contributed by atoms with E-state index in [1.165, 1.54) is 0 Å². The molecule has 3 heteroatoms. The van der Waals surface area contributed by atoms with Gasteiger partial charge in [0.25, 0.3) is 0 Å². The first kappa shape index (κ1) is 12.9. The number of nitrogens with zero attached hydrogens (tertiary/aromatic N) is 1. The zero-order valence-electron chi connectivity index (χ0n) is 10.9. The van der Waals surface area contributed by atoms with Gasteiger partial charge in [-0.2, -0.15) is 0 Å². The minimum absolute atomic E-state index is 0.132. The molecule has 1 rings (SSSR count). The molecular formula is C12H25NO2. The lowest BCUT2D eigenvalue weighted by Gasteiger charge is -2.48. The molecule has 90 valence electrons. The van der Waals surface area contributed by atoms with E-state index in [1.807, 2.05) is 13.8 Å². The largest absolute Gasteiger partial charge is 0.389 e. The summed E-state index contributed by atoms with van der Waals surface area (Å²) < 4.78 is 5.98. The third kappa shape index (κ3) is 4.49. The lowest BCUT2D eigenvalue weighted by atomic mass is 9.97. The molecule has 1 heterocycles. The second-order valence-electron chi connectivity index (χ2n) is 6.58. The van der Waals surface area contributed by atoms with Gasteiger partial charge in [0.2, 0.25) is 0 Å². The number of morpholine rings is 1. The van der Waals surface area contributed by atoms with Crippen molar-refractivity contribution in [1.29, 1.82) is 0 Å². The van der Waals surface area contributed by atoms with Crippen molar-refractivity contribution in [3.8, 4) is 0 Å². The van der Waals surface area contributed by atoms with Crippen LogP contribution >= 0.6 is 0 Å². The number of aliphatic hydroxyl groups is 1. The van der Waals surface area contributed by atoms with E-state index in [9.17, 15) is 5.11 Å². The molecule has 0 bridgehead atoms. The van der Waals surface area contributed by atoms with Gasteiger partial charge in [0, 0.05) is 19.6 Å². The number of β-amino-alcohol motifs (C(OH)–C–C–N with tert-alkyl or cyclic N) is 1. The Labute approximate surface area is 93.4 Å². The van der Waals surface area contributed by atoms with E-state index in [0.29, 0.717) is 6.54 Å². The van der Waals surface area contributed by atoms with Crippen LogP contribution in [0, 0.1) is 0 Å². The molecular weight excluding hydrogens is 190 g/mol. The van der Waals surface area contributed by atoms with Crippen LogP contribution < -0.4 is 0 Å². The zero-order chi connectivity index (χ0) is 11.9. The van der Waals surface area contributed by atoms with Crippen molar-refractivity contribution >= 4 is 0 Å². The standard InChI is InChI=1S/C12H25NO2/c1-10(2,14)7-13-8-11(3,4)15-12(5,6)9-13/h14H,7-9H2,1-6H3. The van der Waals surface area contributed by atoms with Crippen LogP contribution in [0.15, 0.2) is 0 Å². The normalized spacial score (nSPS) is 26.6. The van der Waals surface area contributed by atoms with Crippen molar-refractivity contribution in [3.05, 3.63) is 0 Å². The molecule has 0 aromatic heterocycles. The van der Waals surface area contributed by atoms with Crippen LogP contribution in [-0.4, -0.2) is 46.4 Å². The summed E-state index contributed by atoms with van der Waals surface area (Å²) in [5.41, 5.74) is -0.899. The number of hydrogen-bond acceptors (Lipinski definition) is 3. The van der Waals surface area contributed by atoms with Crippen molar-refractivity contribution in [2.75, 3.05) is 19.6 Å². The molecule has 0 saturated carbocycles. The molecule has 0 aromatic rings. The van der Waals surface area contributed by atoms with Crippen LogP contribution in [0.2, 0.25) is 0 Å². The SMILES string of the molecule is CC(C)(O)CN1CC(C)(C)OC(C)(C)C1. The first-order valence-electron chi connectivity index (χ1n) is 5.64. The van der Waals surface area contributed by atoms with E-state index in [0.717, 1.165) is 13.1 Å². The molecule has 0 atom stereocenters. The monoisotopic (exact) mass is 215 g/mol. The van der Waals surface area contributed by atoms with Gasteiger partial charge in [-0.1, -0.05) is 0 Å². The quantitative estimate of drug-likeness (QED) is 0.760. The molecule has 1 saturated heterocycles. The van der Waals surface area contributed by atoms with Crippen molar-refractivity contribution in [2.45, 2.75) is 58.3 Å². The average molecular weight is 215 g/mol. The van der Waals surface area contributed by atoms with Crippen LogP contribution in [0.5, 0.6) is 0 Å².